The third kappa shape index (κ3) is 3.99. The smallest absolute Gasteiger partial charge is 0.122 e. The molecular formula is C16H19NO2S. The van der Waals surface area contributed by atoms with Gasteiger partial charge in [0.15, 0.2) is 0 Å². The number of aromatic nitrogens is 1. The fourth-order valence-corrected chi connectivity index (χ4v) is 2.77. The van der Waals surface area contributed by atoms with E-state index in [0.717, 1.165) is 33.3 Å². The van der Waals surface area contributed by atoms with Crippen molar-refractivity contribution in [2.75, 3.05) is 7.11 Å². The second-order valence-electron chi connectivity index (χ2n) is 4.68. The van der Waals surface area contributed by atoms with Gasteiger partial charge in [-0.15, -0.1) is 11.8 Å². The van der Waals surface area contributed by atoms with Gasteiger partial charge in [-0.3, -0.25) is 4.98 Å². The summed E-state index contributed by atoms with van der Waals surface area (Å²) in [5.41, 5.74) is 2.89. The van der Waals surface area contributed by atoms with E-state index in [9.17, 15) is 5.11 Å². The van der Waals surface area contributed by atoms with Crippen LogP contribution in [-0.2, 0) is 5.75 Å². The van der Waals surface area contributed by atoms with E-state index in [0.29, 0.717) is 0 Å². The summed E-state index contributed by atoms with van der Waals surface area (Å²) >= 11 is 1.70. The van der Waals surface area contributed by atoms with Crippen LogP contribution in [0.5, 0.6) is 5.75 Å². The molecule has 0 radical (unpaired) electrons. The fourth-order valence-electron chi connectivity index (χ4n) is 1.92. The van der Waals surface area contributed by atoms with E-state index >= 15 is 0 Å². The van der Waals surface area contributed by atoms with Crippen LogP contribution >= 0.6 is 11.8 Å². The molecule has 0 aliphatic rings. The molecule has 1 aromatic carbocycles. The van der Waals surface area contributed by atoms with Crippen LogP contribution in [0, 0.1) is 6.92 Å². The molecule has 2 aromatic rings. The maximum atomic E-state index is 9.60. The topological polar surface area (TPSA) is 42.4 Å². The Morgan fingerprint density at radius 3 is 2.80 bits per heavy atom. The first-order valence-corrected chi connectivity index (χ1v) is 7.49. The van der Waals surface area contributed by atoms with Gasteiger partial charge in [0.05, 0.1) is 18.9 Å². The van der Waals surface area contributed by atoms with Crippen molar-refractivity contribution in [3.8, 4) is 5.75 Å². The highest BCUT2D eigenvalue weighted by molar-refractivity contribution is 7.98. The van der Waals surface area contributed by atoms with Gasteiger partial charge in [-0.25, -0.2) is 0 Å². The number of benzene rings is 1. The number of aliphatic hydroxyl groups is 1. The van der Waals surface area contributed by atoms with Gasteiger partial charge in [0, 0.05) is 28.5 Å². The molecule has 0 bridgehead atoms. The summed E-state index contributed by atoms with van der Waals surface area (Å²) in [6, 6.07) is 11.8. The molecule has 0 fully saturated rings. The van der Waals surface area contributed by atoms with Crippen LogP contribution < -0.4 is 4.74 Å². The monoisotopic (exact) mass is 289 g/mol. The number of hydrogen-bond donors (Lipinski definition) is 1. The van der Waals surface area contributed by atoms with Gasteiger partial charge in [-0.05, 0) is 31.5 Å². The maximum absolute atomic E-state index is 9.60. The number of rotatable bonds is 5. The standard InChI is InChI=1S/C16H19NO2S/c1-11-7-15(19-3)9-14(17-11)10-20-16-6-4-5-13(8-16)12(2)18/h4-9,12,18H,10H2,1-3H3. The van der Waals surface area contributed by atoms with Crippen LogP contribution in [0.1, 0.15) is 30.0 Å². The van der Waals surface area contributed by atoms with E-state index in [1.165, 1.54) is 0 Å². The minimum absolute atomic E-state index is 0.437. The molecule has 2 rings (SSSR count). The first kappa shape index (κ1) is 14.9. The van der Waals surface area contributed by atoms with E-state index in [1.54, 1.807) is 25.8 Å². The number of thioether (sulfide) groups is 1. The van der Waals surface area contributed by atoms with E-state index in [2.05, 4.69) is 4.98 Å². The molecular weight excluding hydrogens is 270 g/mol. The Morgan fingerprint density at radius 2 is 2.10 bits per heavy atom. The quantitative estimate of drug-likeness (QED) is 0.851. The second-order valence-corrected chi connectivity index (χ2v) is 5.73. The zero-order valence-electron chi connectivity index (χ0n) is 12.0. The van der Waals surface area contributed by atoms with Gasteiger partial charge in [-0.2, -0.15) is 0 Å². The minimum Gasteiger partial charge on any atom is -0.497 e. The molecule has 20 heavy (non-hydrogen) atoms. The molecule has 0 aliphatic heterocycles. The lowest BCUT2D eigenvalue weighted by molar-refractivity contribution is 0.199. The first-order chi connectivity index (χ1) is 9.58. The molecule has 1 atom stereocenters. The Balaban J connectivity index is 2.08. The summed E-state index contributed by atoms with van der Waals surface area (Å²) in [6.07, 6.45) is -0.437. The van der Waals surface area contributed by atoms with E-state index in [-0.39, 0.29) is 0 Å². The van der Waals surface area contributed by atoms with Crippen molar-refractivity contribution in [3.05, 3.63) is 53.3 Å². The third-order valence-electron chi connectivity index (χ3n) is 2.94. The zero-order chi connectivity index (χ0) is 14.5. The van der Waals surface area contributed by atoms with E-state index < -0.39 is 6.10 Å². The first-order valence-electron chi connectivity index (χ1n) is 6.51. The molecule has 3 nitrogen and oxygen atoms in total. The minimum atomic E-state index is -0.437. The fraction of sp³-hybridized carbons (Fsp3) is 0.312. The van der Waals surface area contributed by atoms with Crippen LogP contribution in [-0.4, -0.2) is 17.2 Å². The lowest BCUT2D eigenvalue weighted by Crippen LogP contribution is -1.94. The van der Waals surface area contributed by atoms with Crippen molar-refractivity contribution in [2.45, 2.75) is 30.6 Å². The summed E-state index contributed by atoms with van der Waals surface area (Å²) in [5.74, 6) is 1.62. The van der Waals surface area contributed by atoms with Crippen LogP contribution in [0.2, 0.25) is 0 Å². The average Bonchev–Trinajstić information content (AvgIpc) is 2.44. The summed E-state index contributed by atoms with van der Waals surface area (Å²) < 4.78 is 5.26. The number of hydrogen-bond acceptors (Lipinski definition) is 4. The highest BCUT2D eigenvalue weighted by Gasteiger charge is 2.04. The number of methoxy groups -OCH3 is 1. The zero-order valence-corrected chi connectivity index (χ0v) is 12.8. The molecule has 0 amide bonds. The van der Waals surface area contributed by atoms with Crippen molar-refractivity contribution >= 4 is 11.8 Å². The Hall–Kier alpha value is -1.52. The molecule has 0 aliphatic carbocycles. The molecule has 0 saturated heterocycles. The van der Waals surface area contributed by atoms with Crippen molar-refractivity contribution in [1.29, 1.82) is 0 Å². The Bertz CT molecular complexity index is 584. The van der Waals surface area contributed by atoms with E-state index in [4.69, 9.17) is 4.74 Å². The van der Waals surface area contributed by atoms with Crippen LogP contribution in [0.25, 0.3) is 0 Å². The average molecular weight is 289 g/mol. The highest BCUT2D eigenvalue weighted by Crippen LogP contribution is 2.26. The van der Waals surface area contributed by atoms with Gasteiger partial charge < -0.3 is 9.84 Å². The molecule has 1 heterocycles. The largest absolute Gasteiger partial charge is 0.497 e. The number of aryl methyl sites for hydroxylation is 1. The lowest BCUT2D eigenvalue weighted by Gasteiger charge is -2.08. The summed E-state index contributed by atoms with van der Waals surface area (Å²) in [4.78, 5) is 5.63. The van der Waals surface area contributed by atoms with Crippen molar-refractivity contribution in [3.63, 3.8) is 0 Å². The molecule has 1 aromatic heterocycles. The van der Waals surface area contributed by atoms with Crippen molar-refractivity contribution < 1.29 is 9.84 Å². The molecule has 4 heteroatoms. The summed E-state index contributed by atoms with van der Waals surface area (Å²) in [5, 5.41) is 9.60. The molecule has 1 unspecified atom stereocenters. The predicted molar refractivity (Wildman–Crippen MR) is 82.2 cm³/mol. The SMILES string of the molecule is COc1cc(C)nc(CSc2cccc(C(C)O)c2)c1. The van der Waals surface area contributed by atoms with Gasteiger partial charge in [0.1, 0.15) is 5.75 Å². The van der Waals surface area contributed by atoms with E-state index in [1.807, 2.05) is 43.3 Å². The Kier molecular flexibility index (Phi) is 5.04. The predicted octanol–water partition coefficient (Wildman–Crippen LogP) is 3.74. The molecule has 1 N–H and O–H groups in total. The second kappa shape index (κ2) is 6.77. The maximum Gasteiger partial charge on any atom is 0.122 e. The van der Waals surface area contributed by atoms with Gasteiger partial charge in [-0.1, -0.05) is 12.1 Å². The summed E-state index contributed by atoms with van der Waals surface area (Å²) in [6.45, 7) is 3.74. The van der Waals surface area contributed by atoms with Gasteiger partial charge >= 0.3 is 0 Å². The lowest BCUT2D eigenvalue weighted by atomic mass is 10.1. The molecule has 0 spiro atoms. The number of ether oxygens (including phenoxy) is 1. The normalized spacial score (nSPS) is 12.2. The number of aliphatic hydroxyl groups excluding tert-OH is 1. The van der Waals surface area contributed by atoms with Crippen LogP contribution in [0.4, 0.5) is 0 Å². The van der Waals surface area contributed by atoms with Gasteiger partial charge in [0.25, 0.3) is 0 Å². The van der Waals surface area contributed by atoms with Crippen LogP contribution in [0.3, 0.4) is 0 Å². The highest BCUT2D eigenvalue weighted by atomic mass is 32.2. The van der Waals surface area contributed by atoms with Crippen LogP contribution in [0.15, 0.2) is 41.3 Å². The summed E-state index contributed by atoms with van der Waals surface area (Å²) in [7, 11) is 1.66. The van der Waals surface area contributed by atoms with Gasteiger partial charge in [0.2, 0.25) is 0 Å². The number of nitrogens with zero attached hydrogens (tertiary/aromatic N) is 1. The van der Waals surface area contributed by atoms with Crippen molar-refractivity contribution in [2.24, 2.45) is 0 Å². The molecule has 106 valence electrons. The number of pyridine rings is 1. The Labute approximate surface area is 124 Å². The third-order valence-corrected chi connectivity index (χ3v) is 3.97. The molecule has 0 saturated carbocycles. The van der Waals surface area contributed by atoms with Crippen molar-refractivity contribution in [1.82, 2.24) is 4.98 Å². The Morgan fingerprint density at radius 1 is 1.30 bits per heavy atom.